The third-order valence-corrected chi connectivity index (χ3v) is 13.5. The molecule has 12 rings (SSSR count). The van der Waals surface area contributed by atoms with Crippen molar-refractivity contribution >= 4 is 27.8 Å². The number of hydrogen-bond donors (Lipinski definition) is 0. The first-order valence-corrected chi connectivity index (χ1v) is 20.5. The molecular formula is C57H41N. The second-order valence-corrected chi connectivity index (χ2v) is 16.9. The summed E-state index contributed by atoms with van der Waals surface area (Å²) in [6.07, 6.45) is 0. The minimum atomic E-state index is -0.397. The molecule has 58 heavy (non-hydrogen) atoms. The first-order chi connectivity index (χ1) is 28.4. The molecule has 0 unspecified atom stereocenters. The van der Waals surface area contributed by atoms with Crippen LogP contribution in [0.2, 0.25) is 0 Å². The van der Waals surface area contributed by atoms with Gasteiger partial charge in [0.15, 0.2) is 0 Å². The normalized spacial score (nSPS) is 14.4. The second-order valence-electron chi connectivity index (χ2n) is 16.9. The van der Waals surface area contributed by atoms with E-state index in [0.717, 1.165) is 17.1 Å². The molecule has 0 saturated carbocycles. The Bertz CT molecular complexity index is 3080. The molecule has 0 saturated heterocycles. The van der Waals surface area contributed by atoms with Crippen LogP contribution in [0.1, 0.15) is 52.8 Å². The number of rotatable bonds is 4. The van der Waals surface area contributed by atoms with Crippen molar-refractivity contribution in [1.29, 1.82) is 0 Å². The van der Waals surface area contributed by atoms with Gasteiger partial charge in [-0.2, -0.15) is 0 Å². The molecule has 0 N–H and O–H groups in total. The van der Waals surface area contributed by atoms with Crippen molar-refractivity contribution in [2.45, 2.75) is 31.6 Å². The van der Waals surface area contributed by atoms with E-state index in [9.17, 15) is 0 Å². The van der Waals surface area contributed by atoms with Crippen LogP contribution in [0.3, 0.4) is 0 Å². The van der Waals surface area contributed by atoms with Crippen LogP contribution in [-0.4, -0.2) is 0 Å². The Morgan fingerprint density at radius 2 is 0.810 bits per heavy atom. The van der Waals surface area contributed by atoms with Gasteiger partial charge in [0.1, 0.15) is 0 Å². The van der Waals surface area contributed by atoms with Crippen LogP contribution in [-0.2, 0) is 10.8 Å². The standard InChI is InChI=1S/C57H41N/c1-36-20-22-37(23-21-36)38-24-27-40(28-25-38)58(42-30-33-48-44-12-4-8-16-50(44)56(2,3)54(48)35-42)41-29-32-43-39(34-41)26-31-49-47-15-7-11-19-53(47)57(55(43)49)51-17-9-5-13-45(51)46-14-6-10-18-52(46)57/h4-35H,1-3H3. The van der Waals surface area contributed by atoms with Crippen molar-refractivity contribution < 1.29 is 0 Å². The quantitative estimate of drug-likeness (QED) is 0.174. The van der Waals surface area contributed by atoms with Gasteiger partial charge in [0.2, 0.25) is 0 Å². The highest BCUT2D eigenvalue weighted by Crippen LogP contribution is 2.64. The average Bonchev–Trinajstić information content (AvgIpc) is 3.83. The van der Waals surface area contributed by atoms with Crippen molar-refractivity contribution in [3.63, 3.8) is 0 Å². The molecule has 0 atom stereocenters. The highest BCUT2D eigenvalue weighted by molar-refractivity contribution is 6.05. The lowest BCUT2D eigenvalue weighted by Gasteiger charge is -2.32. The van der Waals surface area contributed by atoms with Gasteiger partial charge in [0.05, 0.1) is 5.41 Å². The van der Waals surface area contributed by atoms with E-state index in [1.165, 1.54) is 94.2 Å². The summed E-state index contributed by atoms with van der Waals surface area (Å²) in [5, 5.41) is 2.53. The number of aryl methyl sites for hydroxylation is 1. The molecule has 9 aromatic carbocycles. The molecule has 0 aromatic heterocycles. The van der Waals surface area contributed by atoms with Gasteiger partial charge < -0.3 is 4.90 Å². The largest absolute Gasteiger partial charge is 0.310 e. The van der Waals surface area contributed by atoms with Crippen LogP contribution in [0.25, 0.3) is 55.3 Å². The van der Waals surface area contributed by atoms with E-state index in [1.54, 1.807) is 0 Å². The predicted octanol–water partition coefficient (Wildman–Crippen LogP) is 14.9. The smallest absolute Gasteiger partial charge is 0.0731 e. The van der Waals surface area contributed by atoms with E-state index >= 15 is 0 Å². The monoisotopic (exact) mass is 739 g/mol. The van der Waals surface area contributed by atoms with Gasteiger partial charge in [0, 0.05) is 22.5 Å². The average molecular weight is 740 g/mol. The second kappa shape index (κ2) is 12.0. The van der Waals surface area contributed by atoms with Crippen molar-refractivity contribution in [3.05, 3.63) is 233 Å². The zero-order valence-corrected chi connectivity index (χ0v) is 32.9. The molecule has 1 heteroatoms. The minimum absolute atomic E-state index is 0.107. The van der Waals surface area contributed by atoms with Crippen LogP contribution in [0, 0.1) is 6.92 Å². The Labute approximate surface area is 340 Å². The first-order valence-electron chi connectivity index (χ1n) is 20.5. The van der Waals surface area contributed by atoms with Gasteiger partial charge in [0.25, 0.3) is 0 Å². The molecule has 0 aliphatic heterocycles. The summed E-state index contributed by atoms with van der Waals surface area (Å²) in [6.45, 7) is 6.88. The van der Waals surface area contributed by atoms with Gasteiger partial charge in [-0.3, -0.25) is 0 Å². The van der Waals surface area contributed by atoms with E-state index in [4.69, 9.17) is 0 Å². The maximum Gasteiger partial charge on any atom is 0.0731 e. The van der Waals surface area contributed by atoms with E-state index in [0.29, 0.717) is 0 Å². The van der Waals surface area contributed by atoms with Crippen LogP contribution < -0.4 is 4.90 Å². The Balaban J connectivity index is 1.07. The number of fused-ring (bicyclic) bond motifs is 15. The number of hydrogen-bond acceptors (Lipinski definition) is 1. The number of benzene rings is 9. The summed E-state index contributed by atoms with van der Waals surface area (Å²) in [5.41, 5.74) is 22.9. The lowest BCUT2D eigenvalue weighted by atomic mass is 9.69. The summed E-state index contributed by atoms with van der Waals surface area (Å²) < 4.78 is 0. The van der Waals surface area contributed by atoms with Crippen LogP contribution >= 0.6 is 0 Å². The van der Waals surface area contributed by atoms with Crippen molar-refractivity contribution in [2.75, 3.05) is 4.90 Å². The van der Waals surface area contributed by atoms with Gasteiger partial charge in [-0.25, -0.2) is 0 Å². The molecule has 1 nitrogen and oxygen atoms in total. The molecule has 0 bridgehead atoms. The van der Waals surface area contributed by atoms with Crippen molar-refractivity contribution in [1.82, 2.24) is 0 Å². The Kier molecular flexibility index (Phi) is 6.88. The fourth-order valence-electron chi connectivity index (χ4n) is 10.9. The maximum absolute atomic E-state index is 2.45. The van der Waals surface area contributed by atoms with E-state index in [1.807, 2.05) is 0 Å². The first kappa shape index (κ1) is 33.2. The fraction of sp³-hybridized carbons (Fsp3) is 0.0877. The maximum atomic E-state index is 2.45. The Morgan fingerprint density at radius 3 is 1.43 bits per heavy atom. The number of nitrogens with zero attached hydrogens (tertiary/aromatic N) is 1. The van der Waals surface area contributed by atoms with Crippen molar-refractivity contribution in [3.8, 4) is 44.5 Å². The third kappa shape index (κ3) is 4.42. The zero-order valence-electron chi connectivity index (χ0n) is 32.9. The zero-order chi connectivity index (χ0) is 38.8. The van der Waals surface area contributed by atoms with Crippen LogP contribution in [0.4, 0.5) is 17.1 Å². The lowest BCUT2D eigenvalue weighted by Crippen LogP contribution is -2.26. The molecule has 9 aromatic rings. The van der Waals surface area contributed by atoms with Gasteiger partial charge in [-0.15, -0.1) is 0 Å². The summed E-state index contributed by atoms with van der Waals surface area (Å²) >= 11 is 0. The van der Waals surface area contributed by atoms with Crippen molar-refractivity contribution in [2.24, 2.45) is 0 Å². The molecule has 3 aliphatic carbocycles. The summed E-state index contributed by atoms with van der Waals surface area (Å²) in [6, 6.07) is 73.1. The van der Waals surface area contributed by atoms with E-state index < -0.39 is 5.41 Å². The van der Waals surface area contributed by atoms with Gasteiger partial charge in [-0.1, -0.05) is 177 Å². The molecular weight excluding hydrogens is 699 g/mol. The summed E-state index contributed by atoms with van der Waals surface area (Å²) in [4.78, 5) is 2.45. The van der Waals surface area contributed by atoms with Crippen LogP contribution in [0.15, 0.2) is 194 Å². The highest BCUT2D eigenvalue weighted by atomic mass is 15.1. The predicted molar refractivity (Wildman–Crippen MR) is 243 cm³/mol. The molecule has 0 fully saturated rings. The summed E-state index contributed by atoms with van der Waals surface area (Å²) in [7, 11) is 0. The molecule has 0 heterocycles. The molecule has 3 aliphatic rings. The van der Waals surface area contributed by atoms with E-state index in [-0.39, 0.29) is 5.41 Å². The third-order valence-electron chi connectivity index (χ3n) is 13.5. The topological polar surface area (TPSA) is 3.24 Å². The summed E-state index contributed by atoms with van der Waals surface area (Å²) in [5.74, 6) is 0. The Hall–Kier alpha value is -6.96. The molecule has 0 radical (unpaired) electrons. The fourth-order valence-corrected chi connectivity index (χ4v) is 10.9. The molecule has 274 valence electrons. The number of anilines is 3. The van der Waals surface area contributed by atoms with Gasteiger partial charge in [-0.05, 0) is 132 Å². The molecule has 0 amide bonds. The van der Waals surface area contributed by atoms with E-state index in [2.05, 4.69) is 220 Å². The molecule has 1 spiro atoms. The highest BCUT2D eigenvalue weighted by Gasteiger charge is 2.52. The Morgan fingerprint density at radius 1 is 0.362 bits per heavy atom. The van der Waals surface area contributed by atoms with Crippen LogP contribution in [0.5, 0.6) is 0 Å². The lowest BCUT2D eigenvalue weighted by molar-refractivity contribution is 0.660. The minimum Gasteiger partial charge on any atom is -0.310 e. The SMILES string of the molecule is Cc1ccc(-c2ccc(N(c3ccc4c(c3)C(C)(C)c3ccccc3-4)c3ccc4c5c(ccc4c3)-c3ccccc3C53c4ccccc4-c4ccccc43)cc2)cc1. The van der Waals surface area contributed by atoms with Gasteiger partial charge >= 0.3 is 0 Å².